The van der Waals surface area contributed by atoms with Gasteiger partial charge in [-0.05, 0) is 13.0 Å². The molecule has 0 saturated heterocycles. The molecule has 0 radical (unpaired) electrons. The van der Waals surface area contributed by atoms with Crippen LogP contribution in [0, 0.1) is 6.92 Å². The summed E-state index contributed by atoms with van der Waals surface area (Å²) in [5.74, 6) is 1.20. The SMILES string of the molecule is COc1cc(NC(=O)NCc2cc(C)ncn2)cc(OC)c1. The number of benzene rings is 1. The van der Waals surface area contributed by atoms with E-state index in [1.54, 1.807) is 32.4 Å². The van der Waals surface area contributed by atoms with Gasteiger partial charge in [0.05, 0.1) is 26.5 Å². The van der Waals surface area contributed by atoms with Gasteiger partial charge in [0.15, 0.2) is 0 Å². The Morgan fingerprint density at radius 3 is 2.36 bits per heavy atom. The maximum atomic E-state index is 11.9. The predicted octanol–water partition coefficient (Wildman–Crippen LogP) is 2.12. The molecule has 1 heterocycles. The van der Waals surface area contributed by atoms with Crippen molar-refractivity contribution < 1.29 is 14.3 Å². The van der Waals surface area contributed by atoms with Gasteiger partial charge in [0, 0.05) is 29.6 Å². The van der Waals surface area contributed by atoms with Crippen LogP contribution in [0.3, 0.4) is 0 Å². The van der Waals surface area contributed by atoms with Crippen molar-refractivity contribution in [3.63, 3.8) is 0 Å². The Bertz CT molecular complexity index is 639. The molecular weight excluding hydrogens is 284 g/mol. The van der Waals surface area contributed by atoms with E-state index in [4.69, 9.17) is 9.47 Å². The third-order valence-corrected chi connectivity index (χ3v) is 2.90. The maximum Gasteiger partial charge on any atom is 0.319 e. The highest BCUT2D eigenvalue weighted by molar-refractivity contribution is 5.89. The van der Waals surface area contributed by atoms with E-state index in [0.29, 0.717) is 23.7 Å². The van der Waals surface area contributed by atoms with E-state index in [2.05, 4.69) is 20.6 Å². The van der Waals surface area contributed by atoms with Gasteiger partial charge in [-0.3, -0.25) is 0 Å². The Kier molecular flexibility index (Phi) is 5.13. The molecule has 2 rings (SSSR count). The molecule has 7 nitrogen and oxygen atoms in total. The molecule has 0 saturated carbocycles. The molecule has 1 aromatic heterocycles. The number of nitrogens with zero attached hydrogens (tertiary/aromatic N) is 2. The van der Waals surface area contributed by atoms with E-state index in [-0.39, 0.29) is 6.03 Å². The van der Waals surface area contributed by atoms with Crippen LogP contribution in [0.2, 0.25) is 0 Å². The first-order valence-electron chi connectivity index (χ1n) is 6.66. The summed E-state index contributed by atoms with van der Waals surface area (Å²) in [6, 6.07) is 6.61. The minimum absolute atomic E-state index is 0.316. The molecule has 22 heavy (non-hydrogen) atoms. The van der Waals surface area contributed by atoms with Crippen molar-refractivity contribution >= 4 is 11.7 Å². The van der Waals surface area contributed by atoms with Crippen LogP contribution in [-0.2, 0) is 6.54 Å². The first kappa shape index (κ1) is 15.6. The molecule has 0 atom stereocenters. The fourth-order valence-corrected chi connectivity index (χ4v) is 1.83. The maximum absolute atomic E-state index is 11.9. The van der Waals surface area contributed by atoms with E-state index in [9.17, 15) is 4.79 Å². The van der Waals surface area contributed by atoms with Crippen molar-refractivity contribution in [2.75, 3.05) is 19.5 Å². The second-order valence-corrected chi connectivity index (χ2v) is 4.56. The number of ether oxygens (including phenoxy) is 2. The molecule has 0 unspecified atom stereocenters. The van der Waals surface area contributed by atoms with Crippen LogP contribution >= 0.6 is 0 Å². The standard InChI is InChI=1S/C15H18N4O3/c1-10-4-12(18-9-17-10)8-16-15(20)19-11-5-13(21-2)7-14(6-11)22-3/h4-7,9H,8H2,1-3H3,(H2,16,19,20). The third-order valence-electron chi connectivity index (χ3n) is 2.90. The summed E-state index contributed by atoms with van der Waals surface area (Å²) >= 11 is 0. The minimum Gasteiger partial charge on any atom is -0.497 e. The Labute approximate surface area is 128 Å². The number of anilines is 1. The molecule has 2 N–H and O–H groups in total. The van der Waals surface area contributed by atoms with E-state index in [1.165, 1.54) is 6.33 Å². The van der Waals surface area contributed by atoms with E-state index >= 15 is 0 Å². The molecule has 0 spiro atoms. The van der Waals surface area contributed by atoms with Crippen LogP contribution in [0.5, 0.6) is 11.5 Å². The zero-order valence-corrected chi connectivity index (χ0v) is 12.7. The number of hydrogen-bond donors (Lipinski definition) is 2. The summed E-state index contributed by atoms with van der Waals surface area (Å²) in [6.45, 7) is 2.18. The van der Waals surface area contributed by atoms with Crippen LogP contribution in [-0.4, -0.2) is 30.2 Å². The number of nitrogens with one attached hydrogen (secondary N) is 2. The third kappa shape index (κ3) is 4.34. The van der Waals surface area contributed by atoms with E-state index in [0.717, 1.165) is 11.4 Å². The fraction of sp³-hybridized carbons (Fsp3) is 0.267. The lowest BCUT2D eigenvalue weighted by Gasteiger charge is -2.10. The van der Waals surface area contributed by atoms with Crippen molar-refractivity contribution in [1.82, 2.24) is 15.3 Å². The molecule has 2 aromatic rings. The normalized spacial score (nSPS) is 9.95. The molecule has 0 aliphatic heterocycles. The first-order valence-corrected chi connectivity index (χ1v) is 6.66. The Balaban J connectivity index is 1.97. The zero-order chi connectivity index (χ0) is 15.9. The smallest absolute Gasteiger partial charge is 0.319 e. The summed E-state index contributed by atoms with van der Waals surface area (Å²) in [7, 11) is 3.10. The van der Waals surface area contributed by atoms with Crippen molar-refractivity contribution in [3.8, 4) is 11.5 Å². The van der Waals surface area contributed by atoms with Crippen molar-refractivity contribution in [1.29, 1.82) is 0 Å². The number of rotatable bonds is 5. The van der Waals surface area contributed by atoms with Gasteiger partial charge in [0.25, 0.3) is 0 Å². The zero-order valence-electron chi connectivity index (χ0n) is 12.7. The number of aromatic nitrogens is 2. The van der Waals surface area contributed by atoms with Gasteiger partial charge < -0.3 is 20.1 Å². The van der Waals surface area contributed by atoms with Crippen molar-refractivity contribution in [2.45, 2.75) is 13.5 Å². The molecule has 0 bridgehead atoms. The summed E-state index contributed by atoms with van der Waals surface area (Å²) in [5.41, 5.74) is 2.17. The van der Waals surface area contributed by atoms with Gasteiger partial charge in [-0.15, -0.1) is 0 Å². The average molecular weight is 302 g/mol. The monoisotopic (exact) mass is 302 g/mol. The first-order chi connectivity index (χ1) is 10.6. The molecule has 0 aliphatic carbocycles. The van der Waals surface area contributed by atoms with Crippen molar-refractivity contribution in [3.05, 3.63) is 42.0 Å². The molecule has 116 valence electrons. The van der Waals surface area contributed by atoms with Crippen LogP contribution in [0.1, 0.15) is 11.4 Å². The molecule has 2 amide bonds. The van der Waals surface area contributed by atoms with Gasteiger partial charge in [0.2, 0.25) is 0 Å². The number of methoxy groups -OCH3 is 2. The molecule has 7 heteroatoms. The van der Waals surface area contributed by atoms with Crippen LogP contribution in [0.25, 0.3) is 0 Å². The summed E-state index contributed by atoms with van der Waals surface area (Å²) < 4.78 is 10.3. The van der Waals surface area contributed by atoms with Gasteiger partial charge >= 0.3 is 6.03 Å². The van der Waals surface area contributed by atoms with Crippen LogP contribution in [0.4, 0.5) is 10.5 Å². The van der Waals surface area contributed by atoms with Crippen LogP contribution < -0.4 is 20.1 Å². The van der Waals surface area contributed by atoms with E-state index < -0.39 is 0 Å². The number of aryl methyl sites for hydroxylation is 1. The number of urea groups is 1. The second-order valence-electron chi connectivity index (χ2n) is 4.56. The van der Waals surface area contributed by atoms with E-state index in [1.807, 2.05) is 13.0 Å². The topological polar surface area (TPSA) is 85.4 Å². The highest BCUT2D eigenvalue weighted by Crippen LogP contribution is 2.25. The Hall–Kier alpha value is -2.83. The lowest BCUT2D eigenvalue weighted by Crippen LogP contribution is -2.28. The molecular formula is C15H18N4O3. The molecule has 1 aromatic carbocycles. The van der Waals surface area contributed by atoms with Gasteiger partial charge in [-0.2, -0.15) is 0 Å². The highest BCUT2D eigenvalue weighted by Gasteiger charge is 2.06. The minimum atomic E-state index is -0.341. The summed E-state index contributed by atoms with van der Waals surface area (Å²) in [4.78, 5) is 20.0. The Morgan fingerprint density at radius 2 is 1.77 bits per heavy atom. The highest BCUT2D eigenvalue weighted by atomic mass is 16.5. The lowest BCUT2D eigenvalue weighted by atomic mass is 10.3. The van der Waals surface area contributed by atoms with Gasteiger partial charge in [-0.1, -0.05) is 0 Å². The molecule has 0 fully saturated rings. The lowest BCUT2D eigenvalue weighted by molar-refractivity contribution is 0.251. The predicted molar refractivity (Wildman–Crippen MR) is 82.2 cm³/mol. The summed E-state index contributed by atoms with van der Waals surface area (Å²) in [6.07, 6.45) is 1.47. The number of carbonyl (C=O) groups excluding carboxylic acids is 1. The molecule has 0 aliphatic rings. The number of amides is 2. The van der Waals surface area contributed by atoms with Crippen molar-refractivity contribution in [2.24, 2.45) is 0 Å². The largest absolute Gasteiger partial charge is 0.497 e. The quantitative estimate of drug-likeness (QED) is 0.883. The average Bonchev–Trinajstić information content (AvgIpc) is 2.52. The van der Waals surface area contributed by atoms with Gasteiger partial charge in [-0.25, -0.2) is 14.8 Å². The fourth-order valence-electron chi connectivity index (χ4n) is 1.83. The number of carbonyl (C=O) groups is 1. The van der Waals surface area contributed by atoms with Crippen LogP contribution in [0.15, 0.2) is 30.6 Å². The second kappa shape index (κ2) is 7.26. The van der Waals surface area contributed by atoms with Gasteiger partial charge in [0.1, 0.15) is 17.8 Å². The summed E-state index contributed by atoms with van der Waals surface area (Å²) in [5, 5.41) is 5.45. The Morgan fingerprint density at radius 1 is 1.09 bits per heavy atom. The number of hydrogen-bond acceptors (Lipinski definition) is 5.